The van der Waals surface area contributed by atoms with Crippen LogP contribution >= 0.6 is 11.3 Å². The Bertz CT molecular complexity index is 635. The van der Waals surface area contributed by atoms with Gasteiger partial charge in [-0.05, 0) is 49.0 Å². The quantitative estimate of drug-likeness (QED) is 0.888. The normalized spacial score (nSPS) is 26.7. The van der Waals surface area contributed by atoms with E-state index in [-0.39, 0.29) is 15.8 Å². The molecule has 1 aliphatic rings. The van der Waals surface area contributed by atoms with E-state index in [1.165, 1.54) is 0 Å². The number of hydrogen-bond acceptors (Lipinski definition) is 4. The smallest absolute Gasteiger partial charge is 0.347 e. The highest BCUT2D eigenvalue weighted by molar-refractivity contribution is 7.89. The second-order valence-electron chi connectivity index (χ2n) is 5.97. The van der Waals surface area contributed by atoms with Gasteiger partial charge in [0.15, 0.2) is 0 Å². The van der Waals surface area contributed by atoms with Crippen molar-refractivity contribution in [2.45, 2.75) is 51.0 Å². The summed E-state index contributed by atoms with van der Waals surface area (Å²) in [6.07, 6.45) is 2.59. The first-order valence-corrected chi connectivity index (χ1v) is 9.42. The Labute approximate surface area is 129 Å². The van der Waals surface area contributed by atoms with Gasteiger partial charge in [0.05, 0.1) is 0 Å². The number of hydrogen-bond donors (Lipinski definition) is 2. The fraction of sp³-hybridized carbons (Fsp3) is 0.643. The SMILES string of the molecule is Cc1csc(C(=O)O)c1S(=O)(=O)NC1CCC(C)C(C)C1. The van der Waals surface area contributed by atoms with Gasteiger partial charge in [-0.3, -0.25) is 0 Å². The van der Waals surface area contributed by atoms with E-state index in [9.17, 15) is 13.2 Å². The molecule has 1 aromatic rings. The van der Waals surface area contributed by atoms with E-state index >= 15 is 0 Å². The van der Waals surface area contributed by atoms with Gasteiger partial charge in [0.25, 0.3) is 0 Å². The largest absolute Gasteiger partial charge is 0.477 e. The summed E-state index contributed by atoms with van der Waals surface area (Å²) in [5, 5.41) is 10.7. The van der Waals surface area contributed by atoms with Crippen molar-refractivity contribution in [2.24, 2.45) is 11.8 Å². The van der Waals surface area contributed by atoms with Gasteiger partial charge in [-0.2, -0.15) is 0 Å². The van der Waals surface area contributed by atoms with E-state index in [0.29, 0.717) is 17.4 Å². The molecular formula is C14H21NO4S2. The van der Waals surface area contributed by atoms with Crippen LogP contribution in [0.25, 0.3) is 0 Å². The van der Waals surface area contributed by atoms with Crippen LogP contribution in [0.1, 0.15) is 48.3 Å². The Kier molecular flexibility index (Phi) is 4.75. The Hall–Kier alpha value is -0.920. The molecule has 1 fully saturated rings. The van der Waals surface area contributed by atoms with Crippen molar-refractivity contribution in [3.8, 4) is 0 Å². The van der Waals surface area contributed by atoms with Crippen molar-refractivity contribution in [3.63, 3.8) is 0 Å². The summed E-state index contributed by atoms with van der Waals surface area (Å²) >= 11 is 0.955. The van der Waals surface area contributed by atoms with E-state index in [1.54, 1.807) is 12.3 Å². The molecular weight excluding hydrogens is 310 g/mol. The molecule has 0 aromatic carbocycles. The maximum Gasteiger partial charge on any atom is 0.347 e. The average molecular weight is 331 g/mol. The number of nitrogens with one attached hydrogen (secondary N) is 1. The summed E-state index contributed by atoms with van der Waals surface area (Å²) in [6.45, 7) is 5.94. The molecule has 2 N–H and O–H groups in total. The highest BCUT2D eigenvalue weighted by Gasteiger charge is 2.32. The fourth-order valence-corrected chi connectivity index (χ4v) is 5.76. The van der Waals surface area contributed by atoms with Crippen molar-refractivity contribution in [3.05, 3.63) is 15.8 Å². The zero-order valence-electron chi connectivity index (χ0n) is 12.4. The van der Waals surface area contributed by atoms with Crippen molar-refractivity contribution < 1.29 is 18.3 Å². The molecule has 0 radical (unpaired) electrons. The lowest BCUT2D eigenvalue weighted by molar-refractivity contribution is 0.0698. The molecule has 0 bridgehead atoms. The Balaban J connectivity index is 2.23. The second kappa shape index (κ2) is 6.06. The van der Waals surface area contributed by atoms with Gasteiger partial charge in [0, 0.05) is 6.04 Å². The van der Waals surface area contributed by atoms with Crippen LogP contribution in [0.5, 0.6) is 0 Å². The van der Waals surface area contributed by atoms with Crippen LogP contribution in [0, 0.1) is 18.8 Å². The van der Waals surface area contributed by atoms with Crippen molar-refractivity contribution in [1.82, 2.24) is 4.72 Å². The predicted octanol–water partition coefficient (Wildman–Crippen LogP) is 2.86. The van der Waals surface area contributed by atoms with E-state index in [4.69, 9.17) is 5.11 Å². The molecule has 21 heavy (non-hydrogen) atoms. The predicted molar refractivity (Wildman–Crippen MR) is 82.3 cm³/mol. The molecule has 1 aromatic heterocycles. The molecule has 0 aliphatic heterocycles. The topological polar surface area (TPSA) is 83.5 Å². The van der Waals surface area contributed by atoms with E-state index in [0.717, 1.165) is 30.6 Å². The summed E-state index contributed by atoms with van der Waals surface area (Å²) in [5.41, 5.74) is 0.488. The first kappa shape index (κ1) is 16.5. The molecule has 3 atom stereocenters. The van der Waals surface area contributed by atoms with Crippen LogP contribution in [-0.4, -0.2) is 25.5 Å². The lowest BCUT2D eigenvalue weighted by atomic mass is 9.79. The van der Waals surface area contributed by atoms with Gasteiger partial charge >= 0.3 is 5.97 Å². The lowest BCUT2D eigenvalue weighted by Crippen LogP contribution is -2.40. The highest BCUT2D eigenvalue weighted by Crippen LogP contribution is 2.32. The molecule has 1 heterocycles. The van der Waals surface area contributed by atoms with Gasteiger partial charge < -0.3 is 5.11 Å². The van der Waals surface area contributed by atoms with Crippen LogP contribution in [0.2, 0.25) is 0 Å². The monoisotopic (exact) mass is 331 g/mol. The number of rotatable bonds is 4. The lowest BCUT2D eigenvalue weighted by Gasteiger charge is -2.32. The maximum absolute atomic E-state index is 12.5. The zero-order chi connectivity index (χ0) is 15.8. The molecule has 5 nitrogen and oxygen atoms in total. The molecule has 1 aliphatic carbocycles. The molecule has 0 spiro atoms. The number of carboxylic acid groups (broad SMARTS) is 1. The van der Waals surface area contributed by atoms with Crippen LogP contribution < -0.4 is 4.72 Å². The third-order valence-electron chi connectivity index (χ3n) is 4.30. The minimum Gasteiger partial charge on any atom is -0.477 e. The van der Waals surface area contributed by atoms with Crippen LogP contribution in [0.4, 0.5) is 0 Å². The summed E-state index contributed by atoms with van der Waals surface area (Å²) < 4.78 is 27.8. The van der Waals surface area contributed by atoms with Crippen molar-refractivity contribution in [1.29, 1.82) is 0 Å². The zero-order valence-corrected chi connectivity index (χ0v) is 14.1. The number of carboxylic acids is 1. The van der Waals surface area contributed by atoms with E-state index < -0.39 is 16.0 Å². The Morgan fingerprint density at radius 1 is 1.33 bits per heavy atom. The van der Waals surface area contributed by atoms with Crippen LogP contribution in [0.3, 0.4) is 0 Å². The standard InChI is InChI=1S/C14H21NO4S2/c1-8-4-5-11(6-9(8)2)15-21(18,19)13-10(3)7-20-12(13)14(16)17/h7-9,11,15H,4-6H2,1-3H3,(H,16,17). The van der Waals surface area contributed by atoms with Gasteiger partial charge in [-0.1, -0.05) is 13.8 Å². The number of thiophene rings is 1. The van der Waals surface area contributed by atoms with Gasteiger partial charge in [0.2, 0.25) is 10.0 Å². The van der Waals surface area contributed by atoms with E-state index in [1.807, 2.05) is 0 Å². The minimum absolute atomic E-state index is 0.0775. The third-order valence-corrected chi connectivity index (χ3v) is 7.22. The average Bonchev–Trinajstić information content (AvgIpc) is 2.76. The summed E-state index contributed by atoms with van der Waals surface area (Å²) in [4.78, 5) is 11.0. The molecule has 0 amide bonds. The highest BCUT2D eigenvalue weighted by atomic mass is 32.2. The van der Waals surface area contributed by atoms with Crippen LogP contribution in [-0.2, 0) is 10.0 Å². The van der Waals surface area contributed by atoms with Gasteiger partial charge in [0.1, 0.15) is 9.77 Å². The summed E-state index contributed by atoms with van der Waals surface area (Å²) in [5.74, 6) is -0.128. The minimum atomic E-state index is -3.78. The van der Waals surface area contributed by atoms with Gasteiger partial charge in [-0.15, -0.1) is 11.3 Å². The maximum atomic E-state index is 12.5. The van der Waals surface area contributed by atoms with Crippen LogP contribution in [0.15, 0.2) is 10.3 Å². The fourth-order valence-electron chi connectivity index (χ4n) is 2.85. The number of aromatic carboxylic acids is 1. The summed E-state index contributed by atoms with van der Waals surface area (Å²) in [7, 11) is -3.78. The van der Waals surface area contributed by atoms with E-state index in [2.05, 4.69) is 18.6 Å². The number of carbonyl (C=O) groups is 1. The number of aryl methyl sites for hydroxylation is 1. The first-order chi connectivity index (χ1) is 9.72. The Morgan fingerprint density at radius 2 is 2.00 bits per heavy atom. The summed E-state index contributed by atoms with van der Waals surface area (Å²) in [6, 6.07) is -0.109. The first-order valence-electron chi connectivity index (χ1n) is 7.06. The molecule has 0 saturated heterocycles. The molecule has 7 heteroatoms. The Morgan fingerprint density at radius 3 is 2.57 bits per heavy atom. The number of sulfonamides is 1. The molecule has 2 rings (SSSR count). The van der Waals surface area contributed by atoms with Crippen molar-refractivity contribution in [2.75, 3.05) is 0 Å². The molecule has 1 saturated carbocycles. The third kappa shape index (κ3) is 3.46. The second-order valence-corrected chi connectivity index (χ2v) is 8.50. The van der Waals surface area contributed by atoms with Crippen molar-refractivity contribution >= 4 is 27.3 Å². The van der Waals surface area contributed by atoms with Gasteiger partial charge in [-0.25, -0.2) is 17.9 Å². The molecule has 3 unspecified atom stereocenters. The molecule has 118 valence electrons.